The van der Waals surface area contributed by atoms with E-state index >= 15 is 0 Å². The molecule has 5 nitrogen and oxygen atoms in total. The van der Waals surface area contributed by atoms with Crippen molar-refractivity contribution >= 4 is 17.5 Å². The largest absolute Gasteiger partial charge is 0.481 e. The van der Waals surface area contributed by atoms with Crippen molar-refractivity contribution in [3.05, 3.63) is 94.5 Å². The summed E-state index contributed by atoms with van der Waals surface area (Å²) in [6, 6.07) is 22.0. The van der Waals surface area contributed by atoms with Gasteiger partial charge in [0, 0.05) is 18.7 Å². The number of benzene rings is 3. The fourth-order valence-electron chi connectivity index (χ4n) is 4.68. The summed E-state index contributed by atoms with van der Waals surface area (Å²) < 4.78 is 6.20. The molecule has 5 heteroatoms. The number of rotatable bonds is 7. The Hall–Kier alpha value is -3.60. The number of hydrogen-bond donors (Lipinski definition) is 1. The smallest absolute Gasteiger partial charge is 0.265 e. The Morgan fingerprint density at radius 3 is 2.46 bits per heavy atom. The molecule has 0 radical (unpaired) electrons. The number of anilines is 1. The lowest BCUT2D eigenvalue weighted by molar-refractivity contribution is -0.133. The summed E-state index contributed by atoms with van der Waals surface area (Å²) in [7, 11) is 0. The minimum atomic E-state index is -0.622. The summed E-state index contributed by atoms with van der Waals surface area (Å²) >= 11 is 0. The van der Waals surface area contributed by atoms with E-state index in [0.29, 0.717) is 25.1 Å². The van der Waals surface area contributed by atoms with Crippen LogP contribution in [0.5, 0.6) is 5.75 Å². The second-order valence-electron chi connectivity index (χ2n) is 9.24. The van der Waals surface area contributed by atoms with E-state index in [1.807, 2.05) is 62.1 Å². The minimum Gasteiger partial charge on any atom is -0.481 e. The standard InChI is InChI=1S/C30H34N2O3/c1-5-27(30(34)31-24-9-7-8-21(4)18-24)35-25-15-14-22-16-17-32(28(33)6-2)29(26(22)19-25)23-12-10-20(3)11-13-23/h7-15,18-19,27,29H,5-6,16-17H2,1-4H3,(H,31,34)/t27-,29-/m0/s1. The van der Waals surface area contributed by atoms with Gasteiger partial charge in [-0.2, -0.15) is 0 Å². The maximum absolute atomic E-state index is 13.0. The monoisotopic (exact) mass is 470 g/mol. The maximum Gasteiger partial charge on any atom is 0.265 e. The molecule has 0 unspecified atom stereocenters. The summed E-state index contributed by atoms with van der Waals surface area (Å²) in [5, 5.41) is 2.97. The van der Waals surface area contributed by atoms with Crippen molar-refractivity contribution in [2.45, 2.75) is 59.1 Å². The Morgan fingerprint density at radius 1 is 1.00 bits per heavy atom. The first kappa shape index (κ1) is 24.5. The van der Waals surface area contributed by atoms with Crippen LogP contribution in [0.25, 0.3) is 0 Å². The Morgan fingerprint density at radius 2 is 1.77 bits per heavy atom. The van der Waals surface area contributed by atoms with Gasteiger partial charge < -0.3 is 15.0 Å². The van der Waals surface area contributed by atoms with E-state index in [9.17, 15) is 9.59 Å². The SMILES string of the molecule is CCC(=O)N1CCc2ccc(O[C@@H](CC)C(=O)Nc3cccc(C)c3)cc2[C@@H]1c1ccc(C)cc1. The molecule has 3 aromatic carbocycles. The van der Waals surface area contributed by atoms with Crippen LogP contribution in [0.1, 0.15) is 60.5 Å². The fraction of sp³-hybridized carbons (Fsp3) is 0.333. The lowest BCUT2D eigenvalue weighted by atomic mass is 9.87. The second kappa shape index (κ2) is 10.8. The van der Waals surface area contributed by atoms with Gasteiger partial charge in [-0.05, 0) is 73.2 Å². The summed E-state index contributed by atoms with van der Waals surface area (Å²) in [4.78, 5) is 27.8. The number of hydrogen-bond acceptors (Lipinski definition) is 3. The lowest BCUT2D eigenvalue weighted by Crippen LogP contribution is -2.40. The van der Waals surface area contributed by atoms with Crippen molar-refractivity contribution in [3.8, 4) is 5.75 Å². The van der Waals surface area contributed by atoms with E-state index in [1.165, 1.54) is 11.1 Å². The van der Waals surface area contributed by atoms with Gasteiger partial charge in [-0.3, -0.25) is 9.59 Å². The van der Waals surface area contributed by atoms with Crippen LogP contribution < -0.4 is 10.1 Å². The van der Waals surface area contributed by atoms with Crippen LogP contribution in [-0.2, 0) is 16.0 Å². The number of fused-ring (bicyclic) bond motifs is 1. The van der Waals surface area contributed by atoms with Gasteiger partial charge in [-0.25, -0.2) is 0 Å². The van der Waals surface area contributed by atoms with Gasteiger partial charge in [0.25, 0.3) is 5.91 Å². The summed E-state index contributed by atoms with van der Waals surface area (Å²) in [6.07, 6.45) is 1.18. The molecule has 35 heavy (non-hydrogen) atoms. The molecule has 0 saturated carbocycles. The molecule has 0 bridgehead atoms. The van der Waals surface area contributed by atoms with Crippen molar-refractivity contribution in [2.24, 2.45) is 0 Å². The van der Waals surface area contributed by atoms with Crippen molar-refractivity contribution in [1.82, 2.24) is 4.90 Å². The zero-order valence-electron chi connectivity index (χ0n) is 21.0. The number of nitrogens with zero attached hydrogens (tertiary/aromatic N) is 1. The molecule has 0 fully saturated rings. The first-order valence-electron chi connectivity index (χ1n) is 12.4. The van der Waals surface area contributed by atoms with Crippen molar-refractivity contribution < 1.29 is 14.3 Å². The van der Waals surface area contributed by atoms with Gasteiger partial charge in [0.2, 0.25) is 5.91 Å². The zero-order chi connectivity index (χ0) is 24.9. The van der Waals surface area contributed by atoms with Crippen molar-refractivity contribution in [1.29, 1.82) is 0 Å². The van der Waals surface area contributed by atoms with Gasteiger partial charge in [0.05, 0.1) is 6.04 Å². The Labute approximate surface area is 208 Å². The van der Waals surface area contributed by atoms with Crippen LogP contribution in [0.15, 0.2) is 66.7 Å². The molecule has 1 aliphatic rings. The predicted octanol–water partition coefficient (Wildman–Crippen LogP) is 5.98. The molecule has 2 atom stereocenters. The van der Waals surface area contributed by atoms with E-state index in [-0.39, 0.29) is 17.9 Å². The highest BCUT2D eigenvalue weighted by atomic mass is 16.5. The average molecular weight is 471 g/mol. The lowest BCUT2D eigenvalue weighted by Gasteiger charge is -2.38. The molecule has 0 saturated heterocycles. The molecule has 0 spiro atoms. The van der Waals surface area contributed by atoms with Gasteiger partial charge in [-0.15, -0.1) is 0 Å². The number of carbonyl (C=O) groups is 2. The van der Waals surface area contributed by atoms with E-state index in [4.69, 9.17) is 4.74 Å². The van der Waals surface area contributed by atoms with Gasteiger partial charge in [-0.1, -0.05) is 61.9 Å². The fourth-order valence-corrected chi connectivity index (χ4v) is 4.68. The second-order valence-corrected chi connectivity index (χ2v) is 9.24. The molecule has 1 N–H and O–H groups in total. The van der Waals surface area contributed by atoms with Crippen LogP contribution in [0, 0.1) is 13.8 Å². The summed E-state index contributed by atoms with van der Waals surface area (Å²) in [6.45, 7) is 8.59. The van der Waals surface area contributed by atoms with E-state index < -0.39 is 6.10 Å². The highest BCUT2D eigenvalue weighted by molar-refractivity contribution is 5.94. The van der Waals surface area contributed by atoms with E-state index in [1.54, 1.807) is 0 Å². The zero-order valence-corrected chi connectivity index (χ0v) is 21.0. The average Bonchev–Trinajstić information content (AvgIpc) is 2.86. The van der Waals surface area contributed by atoms with Crippen LogP contribution in [0.2, 0.25) is 0 Å². The third-order valence-corrected chi connectivity index (χ3v) is 6.59. The molecular weight excluding hydrogens is 436 g/mol. The Kier molecular flexibility index (Phi) is 7.54. The molecule has 1 aliphatic heterocycles. The number of amides is 2. The van der Waals surface area contributed by atoms with Crippen molar-refractivity contribution in [3.63, 3.8) is 0 Å². The molecule has 0 aliphatic carbocycles. The van der Waals surface area contributed by atoms with Gasteiger partial charge >= 0.3 is 0 Å². The molecule has 4 rings (SSSR count). The molecule has 3 aromatic rings. The van der Waals surface area contributed by atoms with Crippen molar-refractivity contribution in [2.75, 3.05) is 11.9 Å². The molecule has 1 heterocycles. The highest BCUT2D eigenvalue weighted by Gasteiger charge is 2.32. The van der Waals surface area contributed by atoms with Gasteiger partial charge in [0.15, 0.2) is 6.10 Å². The van der Waals surface area contributed by atoms with Crippen LogP contribution in [-0.4, -0.2) is 29.4 Å². The first-order chi connectivity index (χ1) is 16.9. The normalized spacial score (nSPS) is 15.8. The number of aryl methyl sites for hydroxylation is 2. The minimum absolute atomic E-state index is 0.136. The third kappa shape index (κ3) is 5.56. The number of nitrogens with one attached hydrogen (secondary N) is 1. The van der Waals surface area contributed by atoms with Crippen LogP contribution in [0.3, 0.4) is 0 Å². The summed E-state index contributed by atoms with van der Waals surface area (Å²) in [5.41, 5.74) is 6.38. The summed E-state index contributed by atoms with van der Waals surface area (Å²) in [5.74, 6) is 0.600. The number of carbonyl (C=O) groups excluding carboxylic acids is 2. The first-order valence-corrected chi connectivity index (χ1v) is 12.4. The van der Waals surface area contributed by atoms with Crippen LogP contribution in [0.4, 0.5) is 5.69 Å². The Bertz CT molecular complexity index is 1200. The molecule has 2 amide bonds. The molecule has 0 aromatic heterocycles. The van der Waals surface area contributed by atoms with E-state index in [0.717, 1.165) is 28.8 Å². The molecular formula is C30H34N2O3. The maximum atomic E-state index is 13.0. The quantitative estimate of drug-likeness (QED) is 0.462. The van der Waals surface area contributed by atoms with Crippen LogP contribution >= 0.6 is 0 Å². The molecule has 182 valence electrons. The topological polar surface area (TPSA) is 58.6 Å². The Balaban J connectivity index is 1.62. The van der Waals surface area contributed by atoms with E-state index in [2.05, 4.69) is 42.6 Å². The predicted molar refractivity (Wildman–Crippen MR) is 140 cm³/mol. The third-order valence-electron chi connectivity index (χ3n) is 6.59. The van der Waals surface area contributed by atoms with Gasteiger partial charge in [0.1, 0.15) is 5.75 Å². The number of ether oxygens (including phenoxy) is 1. The highest BCUT2D eigenvalue weighted by Crippen LogP contribution is 2.38.